The lowest BCUT2D eigenvalue weighted by Gasteiger charge is -2.20. The number of anilines is 1. The van der Waals surface area contributed by atoms with Crippen LogP contribution in [0.4, 0.5) is 5.95 Å². The van der Waals surface area contributed by atoms with Gasteiger partial charge in [0.05, 0.1) is 11.9 Å². The lowest BCUT2D eigenvalue weighted by atomic mass is 9.87. The van der Waals surface area contributed by atoms with E-state index in [1.54, 1.807) is 6.20 Å². The molecule has 4 heteroatoms. The van der Waals surface area contributed by atoms with Gasteiger partial charge in [-0.25, -0.2) is 4.98 Å². The molecule has 13 heavy (non-hydrogen) atoms. The van der Waals surface area contributed by atoms with E-state index < -0.39 is 0 Å². The van der Waals surface area contributed by atoms with E-state index in [1.165, 1.54) is 32.1 Å². The fourth-order valence-corrected chi connectivity index (χ4v) is 1.93. The zero-order chi connectivity index (χ0) is 9.10. The van der Waals surface area contributed by atoms with Crippen LogP contribution in [0.5, 0.6) is 0 Å². The first-order chi connectivity index (χ1) is 6.36. The first kappa shape index (κ1) is 8.41. The average Bonchev–Trinajstić information content (AvgIpc) is 2.19. The van der Waals surface area contributed by atoms with Gasteiger partial charge in [-0.05, 0) is 12.8 Å². The third-order valence-corrected chi connectivity index (χ3v) is 2.62. The van der Waals surface area contributed by atoms with Crippen molar-refractivity contribution < 1.29 is 0 Å². The van der Waals surface area contributed by atoms with Crippen molar-refractivity contribution in [3.05, 3.63) is 11.9 Å². The van der Waals surface area contributed by atoms with Gasteiger partial charge in [-0.1, -0.05) is 19.3 Å². The lowest BCUT2D eigenvalue weighted by Crippen LogP contribution is -2.09. The van der Waals surface area contributed by atoms with Crippen LogP contribution in [0.3, 0.4) is 0 Å². The molecule has 2 rings (SSSR count). The standard InChI is InChI=1S/C9H14N4/c10-9-12-8(6-11-13-9)7-4-2-1-3-5-7/h6-7H,1-5H2,(H2,10,12,13). The number of nitrogens with two attached hydrogens (primary N) is 1. The summed E-state index contributed by atoms with van der Waals surface area (Å²) in [6.07, 6.45) is 8.14. The van der Waals surface area contributed by atoms with E-state index in [0.29, 0.717) is 11.9 Å². The number of nitrogen functional groups attached to an aromatic ring is 1. The van der Waals surface area contributed by atoms with Gasteiger partial charge in [0.2, 0.25) is 5.95 Å². The molecule has 0 aliphatic heterocycles. The first-order valence-corrected chi connectivity index (χ1v) is 4.81. The van der Waals surface area contributed by atoms with Gasteiger partial charge in [0.25, 0.3) is 0 Å². The normalized spacial score (nSPS) is 18.8. The summed E-state index contributed by atoms with van der Waals surface area (Å²) in [5.74, 6) is 0.856. The number of aromatic nitrogens is 3. The Morgan fingerprint density at radius 1 is 1.23 bits per heavy atom. The highest BCUT2D eigenvalue weighted by atomic mass is 15.2. The quantitative estimate of drug-likeness (QED) is 0.707. The van der Waals surface area contributed by atoms with Crippen LogP contribution in [-0.2, 0) is 0 Å². The van der Waals surface area contributed by atoms with Gasteiger partial charge in [-0.3, -0.25) is 0 Å². The minimum atomic E-state index is 0.295. The lowest BCUT2D eigenvalue weighted by molar-refractivity contribution is 0.435. The maximum Gasteiger partial charge on any atom is 0.240 e. The van der Waals surface area contributed by atoms with Crippen LogP contribution >= 0.6 is 0 Å². The zero-order valence-electron chi connectivity index (χ0n) is 7.61. The molecule has 0 radical (unpaired) electrons. The van der Waals surface area contributed by atoms with E-state index in [1.807, 2.05) is 0 Å². The van der Waals surface area contributed by atoms with Crippen molar-refractivity contribution in [2.45, 2.75) is 38.0 Å². The third kappa shape index (κ3) is 1.94. The van der Waals surface area contributed by atoms with Gasteiger partial charge in [-0.2, -0.15) is 5.10 Å². The van der Waals surface area contributed by atoms with Crippen molar-refractivity contribution in [2.75, 3.05) is 5.73 Å². The molecule has 1 saturated carbocycles. The predicted molar refractivity (Wildman–Crippen MR) is 50.1 cm³/mol. The molecule has 70 valence electrons. The minimum Gasteiger partial charge on any atom is -0.366 e. The third-order valence-electron chi connectivity index (χ3n) is 2.62. The van der Waals surface area contributed by atoms with Crippen molar-refractivity contribution in [1.29, 1.82) is 0 Å². The van der Waals surface area contributed by atoms with Crippen LogP contribution in [0.15, 0.2) is 6.20 Å². The van der Waals surface area contributed by atoms with Crippen molar-refractivity contribution in [1.82, 2.24) is 15.2 Å². The molecule has 0 bridgehead atoms. The second-order valence-corrected chi connectivity index (χ2v) is 3.57. The summed E-state index contributed by atoms with van der Waals surface area (Å²) in [6.45, 7) is 0. The van der Waals surface area contributed by atoms with E-state index in [2.05, 4.69) is 15.2 Å². The number of nitrogens with zero attached hydrogens (tertiary/aromatic N) is 3. The molecule has 1 fully saturated rings. The molecule has 0 aromatic carbocycles. The molecular weight excluding hydrogens is 164 g/mol. The van der Waals surface area contributed by atoms with Gasteiger partial charge in [0.15, 0.2) is 0 Å². The van der Waals surface area contributed by atoms with E-state index in [4.69, 9.17) is 5.73 Å². The number of hydrogen-bond acceptors (Lipinski definition) is 4. The Kier molecular flexibility index (Phi) is 2.38. The van der Waals surface area contributed by atoms with Gasteiger partial charge >= 0.3 is 0 Å². The fraction of sp³-hybridized carbons (Fsp3) is 0.667. The highest BCUT2D eigenvalue weighted by Crippen LogP contribution is 2.30. The molecule has 0 spiro atoms. The Balaban J connectivity index is 2.14. The summed E-state index contributed by atoms with van der Waals surface area (Å²) in [7, 11) is 0. The van der Waals surface area contributed by atoms with Gasteiger partial charge in [0.1, 0.15) is 0 Å². The summed E-state index contributed by atoms with van der Waals surface area (Å²) in [4.78, 5) is 4.20. The monoisotopic (exact) mass is 178 g/mol. The van der Waals surface area contributed by atoms with E-state index in [0.717, 1.165) is 5.69 Å². The molecule has 4 nitrogen and oxygen atoms in total. The van der Waals surface area contributed by atoms with E-state index in [9.17, 15) is 0 Å². The fourth-order valence-electron chi connectivity index (χ4n) is 1.93. The molecule has 0 atom stereocenters. The van der Waals surface area contributed by atoms with Crippen LogP contribution in [0.2, 0.25) is 0 Å². The Bertz CT molecular complexity index is 281. The molecule has 1 aromatic rings. The smallest absolute Gasteiger partial charge is 0.240 e. The van der Waals surface area contributed by atoms with Crippen molar-refractivity contribution in [3.63, 3.8) is 0 Å². The van der Waals surface area contributed by atoms with Gasteiger partial charge in [-0.15, -0.1) is 5.10 Å². The molecule has 1 aliphatic carbocycles. The van der Waals surface area contributed by atoms with Crippen molar-refractivity contribution in [3.8, 4) is 0 Å². The Hall–Kier alpha value is -1.19. The largest absolute Gasteiger partial charge is 0.366 e. The van der Waals surface area contributed by atoms with Crippen LogP contribution in [0.1, 0.15) is 43.7 Å². The molecule has 0 amide bonds. The minimum absolute atomic E-state index is 0.295. The highest BCUT2D eigenvalue weighted by Gasteiger charge is 2.17. The summed E-state index contributed by atoms with van der Waals surface area (Å²) in [5, 5.41) is 7.47. The summed E-state index contributed by atoms with van der Waals surface area (Å²) in [5.41, 5.74) is 6.50. The summed E-state index contributed by atoms with van der Waals surface area (Å²) in [6, 6.07) is 0. The summed E-state index contributed by atoms with van der Waals surface area (Å²) >= 11 is 0. The molecule has 2 N–H and O–H groups in total. The van der Waals surface area contributed by atoms with Crippen LogP contribution in [0, 0.1) is 0 Å². The van der Waals surface area contributed by atoms with Crippen molar-refractivity contribution >= 4 is 5.95 Å². The Morgan fingerprint density at radius 3 is 2.69 bits per heavy atom. The number of hydrogen-bond donors (Lipinski definition) is 1. The molecule has 1 aromatic heterocycles. The number of rotatable bonds is 1. The van der Waals surface area contributed by atoms with Crippen LogP contribution in [-0.4, -0.2) is 15.2 Å². The topological polar surface area (TPSA) is 64.7 Å². The molecule has 1 heterocycles. The predicted octanol–water partition coefficient (Wildman–Crippen LogP) is 1.50. The zero-order valence-corrected chi connectivity index (χ0v) is 7.61. The van der Waals surface area contributed by atoms with Crippen molar-refractivity contribution in [2.24, 2.45) is 0 Å². The van der Waals surface area contributed by atoms with E-state index >= 15 is 0 Å². The Labute approximate surface area is 77.6 Å². The Morgan fingerprint density at radius 2 is 2.00 bits per heavy atom. The SMILES string of the molecule is Nc1nncc(C2CCCCC2)n1. The maximum atomic E-state index is 5.48. The maximum absolute atomic E-state index is 5.48. The highest BCUT2D eigenvalue weighted by molar-refractivity contribution is 5.16. The molecule has 0 unspecified atom stereocenters. The van der Waals surface area contributed by atoms with E-state index in [-0.39, 0.29) is 0 Å². The molecular formula is C9H14N4. The van der Waals surface area contributed by atoms with Crippen LogP contribution in [0.25, 0.3) is 0 Å². The molecule has 0 saturated heterocycles. The average molecular weight is 178 g/mol. The summed E-state index contributed by atoms with van der Waals surface area (Å²) < 4.78 is 0. The molecule has 1 aliphatic rings. The second kappa shape index (κ2) is 3.68. The van der Waals surface area contributed by atoms with Crippen LogP contribution < -0.4 is 5.73 Å². The second-order valence-electron chi connectivity index (χ2n) is 3.57. The van der Waals surface area contributed by atoms with Gasteiger partial charge < -0.3 is 5.73 Å². The first-order valence-electron chi connectivity index (χ1n) is 4.81. The van der Waals surface area contributed by atoms with Gasteiger partial charge in [0, 0.05) is 5.92 Å².